The molecule has 2 N–H and O–H groups in total. The van der Waals surface area contributed by atoms with Crippen molar-refractivity contribution >= 4 is 22.6 Å². The fourth-order valence-corrected chi connectivity index (χ4v) is 3.91. The maximum Gasteiger partial charge on any atom is 0.256 e. The van der Waals surface area contributed by atoms with Gasteiger partial charge in [0.05, 0.1) is 5.92 Å². The van der Waals surface area contributed by atoms with Crippen LogP contribution in [0, 0.1) is 0 Å². The van der Waals surface area contributed by atoms with E-state index in [9.17, 15) is 13.6 Å². The number of hydrogen-bond acceptors (Lipinski definition) is 3. The van der Waals surface area contributed by atoms with Crippen molar-refractivity contribution in [3.63, 3.8) is 0 Å². The minimum Gasteiger partial charge on any atom is -0.380 e. The second-order valence-corrected chi connectivity index (χ2v) is 7.28. The predicted octanol–water partition coefficient (Wildman–Crippen LogP) is 3.50. The summed E-state index contributed by atoms with van der Waals surface area (Å²) < 4.78 is 27.1. The molecule has 3 atom stereocenters. The third-order valence-electron chi connectivity index (χ3n) is 5.45. The van der Waals surface area contributed by atoms with Crippen LogP contribution in [0.5, 0.6) is 0 Å². The summed E-state index contributed by atoms with van der Waals surface area (Å²) in [5.74, 6) is -3.28. The fourth-order valence-electron chi connectivity index (χ4n) is 3.91. The number of alkyl halides is 2. The quantitative estimate of drug-likeness (QED) is 0.892. The van der Waals surface area contributed by atoms with Crippen LogP contribution >= 0.6 is 0 Å². The van der Waals surface area contributed by atoms with Crippen LogP contribution in [-0.4, -0.2) is 45.3 Å². The van der Waals surface area contributed by atoms with Gasteiger partial charge < -0.3 is 15.2 Å². The van der Waals surface area contributed by atoms with Gasteiger partial charge in [0.2, 0.25) is 5.91 Å². The van der Waals surface area contributed by atoms with Crippen molar-refractivity contribution < 1.29 is 13.6 Å². The van der Waals surface area contributed by atoms with Gasteiger partial charge in [-0.3, -0.25) is 4.79 Å². The summed E-state index contributed by atoms with van der Waals surface area (Å²) in [6.45, 7) is 4.27. The third-order valence-corrected chi connectivity index (χ3v) is 5.45. The standard InChI is InChI=1S/C18H22F2N4O/c1-10-3-4-12(9-24(10)11(2)25)23-15-5-6-21-17-16(15)13(8-22-17)14-7-18(14,19)20/h5-6,8,10,12,14H,3-4,7,9H2,1-2H3,(H2,21,22,23)/t10-,12+,14+/m0/s1. The summed E-state index contributed by atoms with van der Waals surface area (Å²) in [7, 11) is 0. The highest BCUT2D eigenvalue weighted by molar-refractivity contribution is 5.93. The second-order valence-electron chi connectivity index (χ2n) is 7.28. The molecule has 0 spiro atoms. The van der Waals surface area contributed by atoms with Gasteiger partial charge in [-0.1, -0.05) is 0 Å². The Balaban J connectivity index is 1.62. The van der Waals surface area contributed by atoms with Crippen LogP contribution in [0.25, 0.3) is 11.0 Å². The molecule has 2 aliphatic rings. The van der Waals surface area contributed by atoms with Crippen LogP contribution in [0.15, 0.2) is 18.5 Å². The minimum absolute atomic E-state index is 0.0684. The summed E-state index contributed by atoms with van der Waals surface area (Å²) in [4.78, 5) is 20.9. The maximum absolute atomic E-state index is 13.6. The Morgan fingerprint density at radius 1 is 1.44 bits per heavy atom. The van der Waals surface area contributed by atoms with E-state index in [1.165, 1.54) is 0 Å². The molecule has 2 fully saturated rings. The number of likely N-dealkylation sites (tertiary alicyclic amines) is 1. The number of amides is 1. The molecule has 1 amide bonds. The lowest BCUT2D eigenvalue weighted by Crippen LogP contribution is -2.48. The van der Waals surface area contributed by atoms with Gasteiger partial charge in [0.25, 0.3) is 5.92 Å². The molecule has 0 bridgehead atoms. The normalized spacial score (nSPS) is 28.2. The molecule has 0 unspecified atom stereocenters. The Bertz CT molecular complexity index is 819. The Hall–Kier alpha value is -2.18. The SMILES string of the molecule is CC(=O)N1C[C@H](Nc2ccnc3[nH]cc([C@H]4CC4(F)F)c23)CC[C@@H]1C. The van der Waals surface area contributed by atoms with Crippen LogP contribution in [0.2, 0.25) is 0 Å². The summed E-state index contributed by atoms with van der Waals surface area (Å²) >= 11 is 0. The van der Waals surface area contributed by atoms with Crippen molar-refractivity contribution in [2.45, 2.75) is 57.0 Å². The number of carbonyl (C=O) groups excluding carboxylic acids is 1. The highest BCUT2D eigenvalue weighted by Gasteiger charge is 2.58. The van der Waals surface area contributed by atoms with Gasteiger partial charge in [0.15, 0.2) is 0 Å². The van der Waals surface area contributed by atoms with Gasteiger partial charge in [-0.25, -0.2) is 13.8 Å². The number of rotatable bonds is 3. The van der Waals surface area contributed by atoms with Crippen molar-refractivity contribution in [2.75, 3.05) is 11.9 Å². The molecule has 1 aliphatic carbocycles. The van der Waals surface area contributed by atoms with Crippen molar-refractivity contribution in [3.8, 4) is 0 Å². The highest BCUT2D eigenvalue weighted by Crippen LogP contribution is 2.57. The zero-order valence-electron chi connectivity index (χ0n) is 14.4. The van der Waals surface area contributed by atoms with Gasteiger partial charge in [-0.2, -0.15) is 0 Å². The number of fused-ring (bicyclic) bond motifs is 1. The largest absolute Gasteiger partial charge is 0.380 e. The van der Waals surface area contributed by atoms with Crippen LogP contribution in [0.1, 0.15) is 44.6 Å². The van der Waals surface area contributed by atoms with E-state index in [4.69, 9.17) is 0 Å². The Morgan fingerprint density at radius 2 is 2.20 bits per heavy atom. The first-order chi connectivity index (χ1) is 11.9. The molecular formula is C18H22F2N4O. The number of aromatic amines is 1. The number of halogens is 2. The summed E-state index contributed by atoms with van der Waals surface area (Å²) in [6, 6.07) is 2.17. The first-order valence-electron chi connectivity index (χ1n) is 8.74. The molecule has 3 heterocycles. The van der Waals surface area contributed by atoms with Gasteiger partial charge in [0, 0.05) is 55.4 Å². The number of carbonyl (C=O) groups is 1. The van der Waals surface area contributed by atoms with Crippen LogP contribution < -0.4 is 5.32 Å². The molecule has 2 aromatic rings. The smallest absolute Gasteiger partial charge is 0.256 e. The molecule has 5 nitrogen and oxygen atoms in total. The molecule has 25 heavy (non-hydrogen) atoms. The van der Waals surface area contributed by atoms with E-state index in [1.807, 2.05) is 11.0 Å². The van der Waals surface area contributed by atoms with Crippen LogP contribution in [0.4, 0.5) is 14.5 Å². The second kappa shape index (κ2) is 5.68. The monoisotopic (exact) mass is 348 g/mol. The maximum atomic E-state index is 13.6. The lowest BCUT2D eigenvalue weighted by atomic mass is 9.98. The molecule has 4 rings (SSSR count). The van der Waals surface area contributed by atoms with E-state index in [0.717, 1.165) is 23.9 Å². The summed E-state index contributed by atoms with van der Waals surface area (Å²) in [5.41, 5.74) is 2.06. The van der Waals surface area contributed by atoms with Crippen molar-refractivity contribution in [2.24, 2.45) is 0 Å². The van der Waals surface area contributed by atoms with Gasteiger partial charge >= 0.3 is 0 Å². The first-order valence-corrected chi connectivity index (χ1v) is 8.74. The lowest BCUT2D eigenvalue weighted by Gasteiger charge is -2.38. The number of nitrogens with zero attached hydrogens (tertiary/aromatic N) is 2. The van der Waals surface area contributed by atoms with E-state index in [0.29, 0.717) is 17.8 Å². The average Bonchev–Trinajstić information content (AvgIpc) is 3.00. The topological polar surface area (TPSA) is 61.0 Å². The molecule has 1 aliphatic heterocycles. The van der Waals surface area contributed by atoms with E-state index in [2.05, 4.69) is 22.2 Å². The van der Waals surface area contributed by atoms with E-state index in [1.54, 1.807) is 19.3 Å². The average molecular weight is 348 g/mol. The van der Waals surface area contributed by atoms with Gasteiger partial charge in [-0.15, -0.1) is 0 Å². The molecule has 1 saturated carbocycles. The molecular weight excluding hydrogens is 326 g/mol. The van der Waals surface area contributed by atoms with Crippen LogP contribution in [0.3, 0.4) is 0 Å². The van der Waals surface area contributed by atoms with Crippen LogP contribution in [-0.2, 0) is 4.79 Å². The molecule has 0 aromatic carbocycles. The van der Waals surface area contributed by atoms with Crippen molar-refractivity contribution in [3.05, 3.63) is 24.0 Å². The Kier molecular flexibility index (Phi) is 3.70. The zero-order valence-corrected chi connectivity index (χ0v) is 14.4. The zero-order chi connectivity index (χ0) is 17.8. The Labute approximate surface area is 144 Å². The number of piperidine rings is 1. The fraction of sp³-hybridized carbons (Fsp3) is 0.556. The molecule has 7 heteroatoms. The first kappa shape index (κ1) is 16.3. The van der Waals surface area contributed by atoms with E-state index < -0.39 is 11.8 Å². The van der Waals surface area contributed by atoms with E-state index in [-0.39, 0.29) is 24.4 Å². The number of hydrogen-bond donors (Lipinski definition) is 2. The predicted molar refractivity (Wildman–Crippen MR) is 91.9 cm³/mol. The van der Waals surface area contributed by atoms with Crippen molar-refractivity contribution in [1.82, 2.24) is 14.9 Å². The summed E-state index contributed by atoms with van der Waals surface area (Å²) in [5, 5.41) is 4.21. The molecule has 2 aromatic heterocycles. The van der Waals surface area contributed by atoms with Gasteiger partial charge in [0.1, 0.15) is 5.65 Å². The molecule has 1 saturated heterocycles. The molecule has 134 valence electrons. The number of nitrogens with one attached hydrogen (secondary N) is 2. The van der Waals surface area contributed by atoms with E-state index >= 15 is 0 Å². The molecule has 0 radical (unpaired) electrons. The van der Waals surface area contributed by atoms with Crippen molar-refractivity contribution in [1.29, 1.82) is 0 Å². The number of anilines is 1. The number of H-pyrrole nitrogens is 1. The number of pyridine rings is 1. The Morgan fingerprint density at radius 3 is 2.88 bits per heavy atom. The lowest BCUT2D eigenvalue weighted by molar-refractivity contribution is -0.132. The summed E-state index contributed by atoms with van der Waals surface area (Å²) in [6.07, 6.45) is 5.08. The van der Waals surface area contributed by atoms with Gasteiger partial charge in [-0.05, 0) is 31.4 Å². The third kappa shape index (κ3) is 2.85. The highest BCUT2D eigenvalue weighted by atomic mass is 19.3. The minimum atomic E-state index is -2.62. The number of aromatic nitrogens is 2.